The Labute approximate surface area is 188 Å². The molecule has 0 bridgehead atoms. The number of hydrogen-bond acceptors (Lipinski definition) is 2. The maximum Gasteiger partial charge on any atom is 0.416 e. The molecule has 1 aliphatic carbocycles. The summed E-state index contributed by atoms with van der Waals surface area (Å²) in [5.41, 5.74) is 7.18. The van der Waals surface area contributed by atoms with Gasteiger partial charge in [-0.25, -0.2) is 0 Å². The van der Waals surface area contributed by atoms with Gasteiger partial charge in [0.15, 0.2) is 0 Å². The summed E-state index contributed by atoms with van der Waals surface area (Å²) < 4.78 is 41.5. The molecular formula is C24H30ClF3N2O. The molecule has 7 heteroatoms. The minimum atomic E-state index is -4.46. The van der Waals surface area contributed by atoms with E-state index in [9.17, 15) is 18.0 Å². The second-order valence-electron chi connectivity index (χ2n) is 9.03. The Bertz CT molecular complexity index is 931. The fraction of sp³-hybridized carbons (Fsp3) is 0.458. The minimum absolute atomic E-state index is 0. The molecular weight excluding hydrogens is 425 g/mol. The summed E-state index contributed by atoms with van der Waals surface area (Å²) in [4.78, 5) is 11.6. The minimum Gasteiger partial charge on any atom is -0.366 e. The van der Waals surface area contributed by atoms with E-state index in [1.165, 1.54) is 12.1 Å². The van der Waals surface area contributed by atoms with E-state index >= 15 is 0 Å². The number of primary amides is 1. The van der Waals surface area contributed by atoms with E-state index in [4.69, 9.17) is 5.73 Å². The predicted molar refractivity (Wildman–Crippen MR) is 120 cm³/mol. The van der Waals surface area contributed by atoms with Crippen LogP contribution in [0.15, 0.2) is 36.4 Å². The Morgan fingerprint density at radius 2 is 1.81 bits per heavy atom. The van der Waals surface area contributed by atoms with Crippen molar-refractivity contribution in [3.8, 4) is 11.1 Å². The Balaban J connectivity index is 0.00000341. The first-order chi connectivity index (χ1) is 14.0. The zero-order valence-electron chi connectivity index (χ0n) is 18.1. The van der Waals surface area contributed by atoms with E-state index in [-0.39, 0.29) is 30.6 Å². The highest BCUT2D eigenvalue weighted by atomic mass is 35.5. The van der Waals surface area contributed by atoms with Crippen LogP contribution in [0.5, 0.6) is 0 Å². The Hall–Kier alpha value is -2.05. The van der Waals surface area contributed by atoms with Crippen molar-refractivity contribution >= 4 is 18.3 Å². The highest BCUT2D eigenvalue weighted by Gasteiger charge is 2.34. The molecule has 170 valence electrons. The molecule has 0 aromatic heterocycles. The molecule has 3 rings (SSSR count). The molecule has 2 aromatic carbocycles. The highest BCUT2D eigenvalue weighted by Crippen LogP contribution is 2.37. The number of halogens is 4. The zero-order valence-corrected chi connectivity index (χ0v) is 18.9. The van der Waals surface area contributed by atoms with Crippen LogP contribution < -0.4 is 11.1 Å². The third-order valence-electron chi connectivity index (χ3n) is 6.25. The normalized spacial score (nSPS) is 16.6. The second kappa shape index (κ2) is 9.61. The number of nitrogens with two attached hydrogens (primary N) is 1. The first-order valence-electron chi connectivity index (χ1n) is 10.3. The lowest BCUT2D eigenvalue weighted by atomic mass is 9.75. The summed E-state index contributed by atoms with van der Waals surface area (Å²) >= 11 is 0. The van der Waals surface area contributed by atoms with Crippen molar-refractivity contribution in [3.63, 3.8) is 0 Å². The molecule has 31 heavy (non-hydrogen) atoms. The molecule has 0 unspecified atom stereocenters. The number of hydrogen-bond donors (Lipinski definition) is 2. The molecule has 1 saturated carbocycles. The maximum absolute atomic E-state index is 13.8. The lowest BCUT2D eigenvalue weighted by Gasteiger charge is -2.34. The van der Waals surface area contributed by atoms with Crippen LogP contribution in [-0.4, -0.2) is 11.9 Å². The Kier molecular flexibility index (Phi) is 7.82. The Morgan fingerprint density at radius 1 is 1.16 bits per heavy atom. The summed E-state index contributed by atoms with van der Waals surface area (Å²) in [7, 11) is 0. The van der Waals surface area contributed by atoms with Gasteiger partial charge in [0.25, 0.3) is 0 Å². The smallest absolute Gasteiger partial charge is 0.366 e. The maximum atomic E-state index is 13.8. The SMILES string of the molecule is Cc1c(C(N)=O)cccc1-c1ccc(CNC2CCC(C)(C)CC2)c(C(F)(F)F)c1.Cl. The second-order valence-corrected chi connectivity index (χ2v) is 9.03. The van der Waals surface area contributed by atoms with Crippen molar-refractivity contribution in [1.82, 2.24) is 5.32 Å². The third kappa shape index (κ3) is 6.01. The van der Waals surface area contributed by atoms with Crippen molar-refractivity contribution in [1.29, 1.82) is 0 Å². The predicted octanol–water partition coefficient (Wildman–Crippen LogP) is 6.26. The van der Waals surface area contributed by atoms with Gasteiger partial charge in [-0.1, -0.05) is 38.1 Å². The van der Waals surface area contributed by atoms with Crippen molar-refractivity contribution in [2.75, 3.05) is 0 Å². The monoisotopic (exact) mass is 454 g/mol. The number of amides is 1. The van der Waals surface area contributed by atoms with Crippen molar-refractivity contribution in [2.24, 2.45) is 11.1 Å². The van der Waals surface area contributed by atoms with Gasteiger partial charge >= 0.3 is 6.18 Å². The van der Waals surface area contributed by atoms with Crippen LogP contribution >= 0.6 is 12.4 Å². The Morgan fingerprint density at radius 3 is 2.39 bits per heavy atom. The summed E-state index contributed by atoms with van der Waals surface area (Å²) in [5, 5.41) is 3.32. The molecule has 1 fully saturated rings. The van der Waals surface area contributed by atoms with Crippen LogP contribution in [0.3, 0.4) is 0 Å². The molecule has 0 radical (unpaired) electrons. The van der Waals surface area contributed by atoms with Gasteiger partial charge in [-0.3, -0.25) is 4.79 Å². The van der Waals surface area contributed by atoms with Gasteiger partial charge in [-0.15, -0.1) is 12.4 Å². The topological polar surface area (TPSA) is 55.1 Å². The third-order valence-corrected chi connectivity index (χ3v) is 6.25. The molecule has 1 amide bonds. The average Bonchev–Trinajstić information content (AvgIpc) is 2.66. The molecule has 0 aliphatic heterocycles. The van der Waals surface area contributed by atoms with Crippen molar-refractivity contribution < 1.29 is 18.0 Å². The lowest BCUT2D eigenvalue weighted by Crippen LogP contribution is -2.35. The fourth-order valence-corrected chi connectivity index (χ4v) is 4.24. The van der Waals surface area contributed by atoms with Crippen LogP contribution in [0.4, 0.5) is 13.2 Å². The largest absolute Gasteiger partial charge is 0.416 e. The van der Waals surface area contributed by atoms with E-state index in [0.717, 1.165) is 25.7 Å². The molecule has 0 saturated heterocycles. The number of benzene rings is 2. The standard InChI is InChI=1S/C24H29F3N2O.ClH/c1-15-19(5-4-6-20(15)22(28)30)16-7-8-17(21(13-16)24(25,26)27)14-29-18-9-11-23(2,3)12-10-18;/h4-8,13,18,29H,9-12,14H2,1-3H3,(H2,28,30);1H. The van der Waals surface area contributed by atoms with Crippen LogP contribution in [0, 0.1) is 12.3 Å². The van der Waals surface area contributed by atoms with Crippen LogP contribution in [0.25, 0.3) is 11.1 Å². The molecule has 1 aliphatic rings. The number of carbonyl (C=O) groups excluding carboxylic acids is 1. The van der Waals surface area contributed by atoms with Crippen LogP contribution in [0.2, 0.25) is 0 Å². The molecule has 2 aromatic rings. The molecule has 0 atom stereocenters. The molecule has 0 spiro atoms. The summed E-state index contributed by atoms with van der Waals surface area (Å²) in [6.45, 7) is 6.35. The summed E-state index contributed by atoms with van der Waals surface area (Å²) in [5.74, 6) is -0.595. The fourth-order valence-electron chi connectivity index (χ4n) is 4.24. The van der Waals surface area contributed by atoms with E-state index in [0.29, 0.717) is 27.7 Å². The average molecular weight is 455 g/mol. The number of nitrogens with one attached hydrogen (secondary N) is 1. The highest BCUT2D eigenvalue weighted by molar-refractivity contribution is 5.96. The van der Waals surface area contributed by atoms with Crippen molar-refractivity contribution in [3.05, 3.63) is 58.7 Å². The van der Waals surface area contributed by atoms with Gasteiger partial charge in [0.1, 0.15) is 0 Å². The van der Waals surface area contributed by atoms with Gasteiger partial charge in [-0.2, -0.15) is 13.2 Å². The van der Waals surface area contributed by atoms with Gasteiger partial charge in [0, 0.05) is 18.2 Å². The first-order valence-corrected chi connectivity index (χ1v) is 10.3. The quantitative estimate of drug-likeness (QED) is 0.560. The van der Waals surface area contributed by atoms with E-state index in [1.54, 1.807) is 31.2 Å². The van der Waals surface area contributed by atoms with Gasteiger partial charge in [-0.05, 0) is 72.4 Å². The van der Waals surface area contributed by atoms with E-state index in [2.05, 4.69) is 19.2 Å². The lowest BCUT2D eigenvalue weighted by molar-refractivity contribution is -0.138. The number of carbonyl (C=O) groups is 1. The number of rotatable bonds is 5. The van der Waals surface area contributed by atoms with Crippen LogP contribution in [-0.2, 0) is 12.7 Å². The number of alkyl halides is 3. The van der Waals surface area contributed by atoms with E-state index < -0.39 is 17.6 Å². The van der Waals surface area contributed by atoms with Gasteiger partial charge in [0.2, 0.25) is 5.91 Å². The van der Waals surface area contributed by atoms with Crippen LogP contribution in [0.1, 0.15) is 66.6 Å². The summed E-state index contributed by atoms with van der Waals surface area (Å²) in [6, 6.07) is 9.56. The molecule has 3 nitrogen and oxygen atoms in total. The van der Waals surface area contributed by atoms with Gasteiger partial charge < -0.3 is 11.1 Å². The summed E-state index contributed by atoms with van der Waals surface area (Å²) in [6.07, 6.45) is -0.357. The molecule has 0 heterocycles. The molecule has 3 N–H and O–H groups in total. The van der Waals surface area contributed by atoms with E-state index in [1.807, 2.05) is 0 Å². The zero-order chi connectivity index (χ0) is 22.1. The van der Waals surface area contributed by atoms with Crippen molar-refractivity contribution in [2.45, 2.75) is 65.2 Å². The van der Waals surface area contributed by atoms with Gasteiger partial charge in [0.05, 0.1) is 5.56 Å². The first kappa shape index (κ1) is 25.2.